The highest BCUT2D eigenvalue weighted by molar-refractivity contribution is 7.89. The van der Waals surface area contributed by atoms with Gasteiger partial charge in [-0.15, -0.1) is 11.3 Å². The van der Waals surface area contributed by atoms with Crippen LogP contribution in [0, 0.1) is 16.7 Å². The van der Waals surface area contributed by atoms with Crippen LogP contribution in [0.15, 0.2) is 16.3 Å². The van der Waals surface area contributed by atoms with Gasteiger partial charge in [-0.25, -0.2) is 13.6 Å². The zero-order valence-corrected chi connectivity index (χ0v) is 12.6. The van der Waals surface area contributed by atoms with Crippen molar-refractivity contribution in [1.82, 2.24) is 4.90 Å². The fourth-order valence-electron chi connectivity index (χ4n) is 2.33. The number of hydrogen-bond acceptors (Lipinski definition) is 5. The van der Waals surface area contributed by atoms with Gasteiger partial charge >= 0.3 is 0 Å². The zero-order chi connectivity index (χ0) is 15.0. The van der Waals surface area contributed by atoms with E-state index in [1.165, 1.54) is 16.3 Å². The van der Waals surface area contributed by atoms with E-state index in [2.05, 4.69) is 6.07 Å². The molecule has 0 unspecified atom stereocenters. The van der Waals surface area contributed by atoms with Crippen LogP contribution in [0.25, 0.3) is 0 Å². The number of thiophene rings is 1. The zero-order valence-electron chi connectivity index (χ0n) is 11.0. The van der Waals surface area contributed by atoms with E-state index in [-0.39, 0.29) is 15.7 Å². The molecule has 1 fully saturated rings. The number of sulfonamides is 1. The number of amides is 1. The standard InChI is InChI=1S/C12H15N3O3S2/c1-12(7-13)4-2-5-15(8-12)11(16)10-9(3-6-19-10)20(14,17)18/h3,6H,2,4-5,8H2,1H3,(H2,14,17,18)/t12-/m1/s1. The van der Waals surface area contributed by atoms with Crippen LogP contribution in [-0.2, 0) is 10.0 Å². The van der Waals surface area contributed by atoms with E-state index in [9.17, 15) is 13.2 Å². The highest BCUT2D eigenvalue weighted by atomic mass is 32.2. The lowest BCUT2D eigenvalue weighted by molar-refractivity contribution is 0.0631. The van der Waals surface area contributed by atoms with Gasteiger partial charge in [0.1, 0.15) is 9.77 Å². The van der Waals surface area contributed by atoms with Crippen LogP contribution >= 0.6 is 11.3 Å². The van der Waals surface area contributed by atoms with Crippen molar-refractivity contribution in [2.24, 2.45) is 10.6 Å². The van der Waals surface area contributed by atoms with E-state index in [1.807, 2.05) is 0 Å². The number of likely N-dealkylation sites (tertiary alicyclic amines) is 1. The molecule has 1 atom stereocenters. The van der Waals surface area contributed by atoms with E-state index in [0.717, 1.165) is 24.2 Å². The second-order valence-electron chi connectivity index (χ2n) is 5.16. The van der Waals surface area contributed by atoms with Crippen molar-refractivity contribution >= 4 is 27.3 Å². The predicted octanol–water partition coefficient (Wildman–Crippen LogP) is 1.16. The Morgan fingerprint density at radius 3 is 2.90 bits per heavy atom. The third-order valence-corrected chi connectivity index (χ3v) is 5.37. The Kier molecular flexibility index (Phi) is 3.86. The van der Waals surface area contributed by atoms with E-state index in [0.29, 0.717) is 13.1 Å². The largest absolute Gasteiger partial charge is 0.336 e. The van der Waals surface area contributed by atoms with E-state index in [1.54, 1.807) is 6.92 Å². The van der Waals surface area contributed by atoms with E-state index >= 15 is 0 Å². The smallest absolute Gasteiger partial charge is 0.265 e. The second kappa shape index (κ2) is 5.16. The number of primary sulfonamides is 1. The maximum Gasteiger partial charge on any atom is 0.265 e. The van der Waals surface area contributed by atoms with Gasteiger partial charge < -0.3 is 4.90 Å². The molecule has 0 aromatic carbocycles. The molecule has 108 valence electrons. The van der Waals surface area contributed by atoms with Crippen LogP contribution < -0.4 is 5.14 Å². The molecule has 1 saturated heterocycles. The molecule has 20 heavy (non-hydrogen) atoms. The minimum Gasteiger partial charge on any atom is -0.336 e. The summed E-state index contributed by atoms with van der Waals surface area (Å²) < 4.78 is 22.9. The van der Waals surface area contributed by atoms with Gasteiger partial charge in [0.15, 0.2) is 0 Å². The summed E-state index contributed by atoms with van der Waals surface area (Å²) in [6, 6.07) is 3.56. The number of hydrogen-bond donors (Lipinski definition) is 1. The summed E-state index contributed by atoms with van der Waals surface area (Å²) in [5, 5.41) is 15.8. The molecule has 1 aromatic rings. The molecule has 0 aliphatic carbocycles. The summed E-state index contributed by atoms with van der Waals surface area (Å²) in [5.74, 6) is -0.370. The molecule has 6 nitrogen and oxygen atoms in total. The fraction of sp³-hybridized carbons (Fsp3) is 0.500. The van der Waals surface area contributed by atoms with Gasteiger partial charge in [-0.2, -0.15) is 5.26 Å². The Morgan fingerprint density at radius 1 is 1.60 bits per heavy atom. The number of nitrogens with zero attached hydrogens (tertiary/aromatic N) is 2. The quantitative estimate of drug-likeness (QED) is 0.884. The Morgan fingerprint density at radius 2 is 2.30 bits per heavy atom. The molecule has 2 heterocycles. The predicted molar refractivity (Wildman–Crippen MR) is 74.5 cm³/mol. The molecule has 0 bridgehead atoms. The van der Waals surface area contributed by atoms with Gasteiger partial charge in [-0.3, -0.25) is 4.79 Å². The highest BCUT2D eigenvalue weighted by Gasteiger charge is 2.35. The Bertz CT molecular complexity index is 674. The van der Waals surface area contributed by atoms with Gasteiger partial charge in [0.25, 0.3) is 5.91 Å². The molecule has 2 rings (SSSR count). The number of rotatable bonds is 2. The third-order valence-electron chi connectivity index (χ3n) is 3.38. The molecule has 0 spiro atoms. The van der Waals surface area contributed by atoms with E-state index < -0.39 is 15.4 Å². The SMILES string of the molecule is C[C@]1(C#N)CCCN(C(=O)c2sccc2S(N)(=O)=O)C1. The Labute approximate surface area is 121 Å². The summed E-state index contributed by atoms with van der Waals surface area (Å²) >= 11 is 1.05. The average molecular weight is 313 g/mol. The molecule has 0 radical (unpaired) electrons. The van der Waals surface area contributed by atoms with E-state index in [4.69, 9.17) is 10.4 Å². The van der Waals surface area contributed by atoms with Crippen molar-refractivity contribution in [3.63, 3.8) is 0 Å². The monoisotopic (exact) mass is 313 g/mol. The fourth-order valence-corrected chi connectivity index (χ4v) is 4.26. The van der Waals surface area contributed by atoms with Gasteiger partial charge in [0.2, 0.25) is 10.0 Å². The molecule has 1 aromatic heterocycles. The number of nitrogens with two attached hydrogens (primary N) is 1. The first kappa shape index (κ1) is 15.0. The summed E-state index contributed by atoms with van der Waals surface area (Å²) in [4.78, 5) is 14.0. The molecule has 1 aliphatic heterocycles. The summed E-state index contributed by atoms with van der Waals surface area (Å²) in [5.41, 5.74) is -0.576. The average Bonchev–Trinajstić information content (AvgIpc) is 2.87. The summed E-state index contributed by atoms with van der Waals surface area (Å²) in [6.45, 7) is 2.64. The molecular formula is C12H15N3O3S2. The topological polar surface area (TPSA) is 104 Å². The maximum absolute atomic E-state index is 12.4. The summed E-state index contributed by atoms with van der Waals surface area (Å²) in [7, 11) is -3.91. The van der Waals surface area contributed by atoms with Crippen molar-refractivity contribution in [1.29, 1.82) is 5.26 Å². The lowest BCUT2D eigenvalue weighted by Gasteiger charge is -2.35. The first-order valence-electron chi connectivity index (χ1n) is 6.08. The number of piperidine rings is 1. The first-order valence-corrected chi connectivity index (χ1v) is 8.50. The second-order valence-corrected chi connectivity index (χ2v) is 7.61. The lowest BCUT2D eigenvalue weighted by Crippen LogP contribution is -2.44. The minimum absolute atomic E-state index is 0.120. The molecule has 1 amide bonds. The van der Waals surface area contributed by atoms with Crippen molar-refractivity contribution in [3.8, 4) is 6.07 Å². The first-order chi connectivity index (χ1) is 9.27. The number of nitriles is 1. The molecule has 0 saturated carbocycles. The Balaban J connectivity index is 2.30. The van der Waals surface area contributed by atoms with Gasteiger partial charge in [-0.1, -0.05) is 0 Å². The number of carbonyl (C=O) groups excluding carboxylic acids is 1. The van der Waals surface area contributed by atoms with Crippen LogP contribution in [0.5, 0.6) is 0 Å². The van der Waals surface area contributed by atoms with Crippen LogP contribution in [0.1, 0.15) is 29.4 Å². The van der Waals surface area contributed by atoms with Gasteiger partial charge in [0.05, 0.1) is 11.5 Å². The van der Waals surface area contributed by atoms with Crippen molar-refractivity contribution in [3.05, 3.63) is 16.3 Å². The van der Waals surface area contributed by atoms with Crippen LogP contribution in [0.3, 0.4) is 0 Å². The van der Waals surface area contributed by atoms with Crippen LogP contribution in [0.4, 0.5) is 0 Å². The van der Waals surface area contributed by atoms with Crippen LogP contribution in [0.2, 0.25) is 0 Å². The molecule has 8 heteroatoms. The van der Waals surface area contributed by atoms with Gasteiger partial charge in [0, 0.05) is 13.1 Å². The van der Waals surface area contributed by atoms with Crippen molar-refractivity contribution < 1.29 is 13.2 Å². The van der Waals surface area contributed by atoms with Crippen molar-refractivity contribution in [2.45, 2.75) is 24.7 Å². The van der Waals surface area contributed by atoms with Gasteiger partial charge in [-0.05, 0) is 31.2 Å². The molecule has 1 aliphatic rings. The lowest BCUT2D eigenvalue weighted by atomic mass is 9.83. The normalized spacial score (nSPS) is 23.4. The maximum atomic E-state index is 12.4. The minimum atomic E-state index is -3.91. The molecular weight excluding hydrogens is 298 g/mol. The summed E-state index contributed by atoms with van der Waals surface area (Å²) in [6.07, 6.45) is 1.46. The molecule has 2 N–H and O–H groups in total. The van der Waals surface area contributed by atoms with Crippen LogP contribution in [-0.4, -0.2) is 32.3 Å². The third kappa shape index (κ3) is 2.85. The highest BCUT2D eigenvalue weighted by Crippen LogP contribution is 2.31. The van der Waals surface area contributed by atoms with Crippen molar-refractivity contribution in [2.75, 3.05) is 13.1 Å². The Hall–Kier alpha value is -1.43. The number of carbonyl (C=O) groups is 1.